The lowest BCUT2D eigenvalue weighted by Crippen LogP contribution is -2.02. The van der Waals surface area contributed by atoms with E-state index in [0.717, 1.165) is 29.4 Å². The molecule has 0 bridgehead atoms. The van der Waals surface area contributed by atoms with Gasteiger partial charge in [-0.15, -0.1) is 5.10 Å². The Kier molecular flexibility index (Phi) is 4.38. The standard InChI is InChI=1S/C20H18N6/c1-15-24-20(26(25-15)19-4-2-3-11-22-19)17-5-7-18(8-6-17)23-14-16-9-12-21-13-10-16/h2-13,23H,14H2,1H3. The molecule has 0 aliphatic rings. The van der Waals surface area contributed by atoms with Crippen LogP contribution in [0.4, 0.5) is 5.69 Å². The lowest BCUT2D eigenvalue weighted by Gasteiger charge is -2.08. The quantitative estimate of drug-likeness (QED) is 0.600. The number of pyridine rings is 2. The average Bonchev–Trinajstić information content (AvgIpc) is 3.10. The van der Waals surface area contributed by atoms with Crippen molar-refractivity contribution in [2.24, 2.45) is 0 Å². The van der Waals surface area contributed by atoms with E-state index in [1.165, 1.54) is 5.56 Å². The molecule has 0 fully saturated rings. The maximum atomic E-state index is 4.57. The minimum absolute atomic E-state index is 0.713. The first kappa shape index (κ1) is 16.0. The number of anilines is 1. The summed E-state index contributed by atoms with van der Waals surface area (Å²) in [6.07, 6.45) is 5.35. The molecule has 0 aliphatic carbocycles. The van der Waals surface area contributed by atoms with Crippen LogP contribution in [-0.2, 0) is 6.54 Å². The zero-order valence-corrected chi connectivity index (χ0v) is 14.4. The first-order valence-corrected chi connectivity index (χ1v) is 8.38. The van der Waals surface area contributed by atoms with Gasteiger partial charge in [0.05, 0.1) is 0 Å². The highest BCUT2D eigenvalue weighted by atomic mass is 15.4. The smallest absolute Gasteiger partial charge is 0.165 e. The fourth-order valence-corrected chi connectivity index (χ4v) is 2.68. The number of nitrogens with zero attached hydrogens (tertiary/aromatic N) is 5. The van der Waals surface area contributed by atoms with Crippen LogP contribution in [0.3, 0.4) is 0 Å². The molecular weight excluding hydrogens is 324 g/mol. The van der Waals surface area contributed by atoms with E-state index < -0.39 is 0 Å². The zero-order valence-electron chi connectivity index (χ0n) is 14.4. The molecule has 0 spiro atoms. The van der Waals surface area contributed by atoms with Gasteiger partial charge in [-0.05, 0) is 61.0 Å². The Bertz CT molecular complexity index is 978. The number of hydrogen-bond donors (Lipinski definition) is 1. The first-order chi connectivity index (χ1) is 12.8. The van der Waals surface area contributed by atoms with Crippen LogP contribution in [0.5, 0.6) is 0 Å². The van der Waals surface area contributed by atoms with E-state index in [-0.39, 0.29) is 0 Å². The molecule has 6 heteroatoms. The summed E-state index contributed by atoms with van der Waals surface area (Å²) in [6.45, 7) is 2.64. The van der Waals surface area contributed by atoms with Crippen LogP contribution in [0, 0.1) is 6.92 Å². The van der Waals surface area contributed by atoms with Crippen LogP contribution < -0.4 is 5.32 Å². The Morgan fingerprint density at radius 2 is 1.73 bits per heavy atom. The van der Waals surface area contributed by atoms with Gasteiger partial charge >= 0.3 is 0 Å². The van der Waals surface area contributed by atoms with Crippen molar-refractivity contribution in [3.05, 3.63) is 84.6 Å². The Labute approximate surface area is 151 Å². The molecule has 4 rings (SSSR count). The molecular formula is C20H18N6. The van der Waals surface area contributed by atoms with Crippen LogP contribution >= 0.6 is 0 Å². The molecule has 0 amide bonds. The number of hydrogen-bond acceptors (Lipinski definition) is 5. The van der Waals surface area contributed by atoms with Gasteiger partial charge in [-0.2, -0.15) is 4.68 Å². The maximum Gasteiger partial charge on any atom is 0.165 e. The molecule has 1 aromatic carbocycles. The molecule has 128 valence electrons. The van der Waals surface area contributed by atoms with Gasteiger partial charge in [-0.25, -0.2) is 9.97 Å². The normalized spacial score (nSPS) is 10.7. The molecule has 0 atom stereocenters. The van der Waals surface area contributed by atoms with Gasteiger partial charge in [0.1, 0.15) is 5.82 Å². The van der Waals surface area contributed by atoms with Crippen molar-refractivity contribution in [3.63, 3.8) is 0 Å². The van der Waals surface area contributed by atoms with Crippen LogP contribution in [0.15, 0.2) is 73.2 Å². The van der Waals surface area contributed by atoms with Crippen molar-refractivity contribution >= 4 is 5.69 Å². The van der Waals surface area contributed by atoms with E-state index in [0.29, 0.717) is 5.82 Å². The summed E-state index contributed by atoms with van der Waals surface area (Å²) < 4.78 is 1.77. The number of aromatic nitrogens is 5. The molecule has 0 radical (unpaired) electrons. The summed E-state index contributed by atoms with van der Waals surface area (Å²) in [5.41, 5.74) is 3.23. The van der Waals surface area contributed by atoms with Crippen molar-refractivity contribution in [1.29, 1.82) is 0 Å². The van der Waals surface area contributed by atoms with Crippen molar-refractivity contribution in [2.75, 3.05) is 5.32 Å². The number of rotatable bonds is 5. The minimum atomic E-state index is 0.713. The lowest BCUT2D eigenvalue weighted by molar-refractivity contribution is 0.839. The van der Waals surface area contributed by atoms with Gasteiger partial charge < -0.3 is 5.32 Å². The summed E-state index contributed by atoms with van der Waals surface area (Å²) in [4.78, 5) is 13.0. The average molecular weight is 342 g/mol. The molecule has 0 saturated heterocycles. The largest absolute Gasteiger partial charge is 0.381 e. The van der Waals surface area contributed by atoms with Gasteiger partial charge in [0.25, 0.3) is 0 Å². The van der Waals surface area contributed by atoms with E-state index in [1.54, 1.807) is 23.3 Å². The van der Waals surface area contributed by atoms with Crippen molar-refractivity contribution in [3.8, 4) is 17.2 Å². The predicted octanol–water partition coefficient (Wildman–Crippen LogP) is 3.64. The van der Waals surface area contributed by atoms with Gasteiger partial charge in [-0.3, -0.25) is 4.98 Å². The van der Waals surface area contributed by atoms with Crippen molar-refractivity contribution in [1.82, 2.24) is 24.7 Å². The van der Waals surface area contributed by atoms with Crippen LogP contribution in [0.1, 0.15) is 11.4 Å². The molecule has 0 unspecified atom stereocenters. The molecule has 3 aromatic heterocycles. The highest BCUT2D eigenvalue weighted by molar-refractivity contribution is 5.61. The maximum absolute atomic E-state index is 4.57. The van der Waals surface area contributed by atoms with Gasteiger partial charge in [0, 0.05) is 36.4 Å². The minimum Gasteiger partial charge on any atom is -0.381 e. The third-order valence-corrected chi connectivity index (χ3v) is 3.97. The van der Waals surface area contributed by atoms with Crippen LogP contribution in [-0.4, -0.2) is 24.7 Å². The van der Waals surface area contributed by atoms with Gasteiger partial charge in [0.2, 0.25) is 0 Å². The van der Waals surface area contributed by atoms with E-state index in [2.05, 4.69) is 25.4 Å². The summed E-state index contributed by atoms with van der Waals surface area (Å²) in [5, 5.41) is 7.89. The first-order valence-electron chi connectivity index (χ1n) is 8.38. The summed E-state index contributed by atoms with van der Waals surface area (Å²) >= 11 is 0. The van der Waals surface area contributed by atoms with E-state index in [4.69, 9.17) is 0 Å². The molecule has 6 nitrogen and oxygen atoms in total. The van der Waals surface area contributed by atoms with Crippen molar-refractivity contribution in [2.45, 2.75) is 13.5 Å². The monoisotopic (exact) mass is 342 g/mol. The summed E-state index contributed by atoms with van der Waals surface area (Å²) in [6, 6.07) is 17.9. The molecule has 4 aromatic rings. The van der Waals surface area contributed by atoms with E-state index >= 15 is 0 Å². The van der Waals surface area contributed by atoms with Crippen molar-refractivity contribution < 1.29 is 0 Å². The number of nitrogens with one attached hydrogen (secondary N) is 1. The van der Waals surface area contributed by atoms with Gasteiger partial charge in [0.15, 0.2) is 11.6 Å². The Morgan fingerprint density at radius 3 is 2.46 bits per heavy atom. The fraction of sp³-hybridized carbons (Fsp3) is 0.100. The second-order valence-corrected chi connectivity index (χ2v) is 5.87. The number of aryl methyl sites for hydroxylation is 1. The Balaban J connectivity index is 1.56. The van der Waals surface area contributed by atoms with Crippen LogP contribution in [0.25, 0.3) is 17.2 Å². The lowest BCUT2D eigenvalue weighted by atomic mass is 10.2. The molecule has 0 aliphatic heterocycles. The molecule has 26 heavy (non-hydrogen) atoms. The van der Waals surface area contributed by atoms with Crippen LogP contribution in [0.2, 0.25) is 0 Å². The highest BCUT2D eigenvalue weighted by Gasteiger charge is 2.12. The summed E-state index contributed by atoms with van der Waals surface area (Å²) in [5.74, 6) is 2.25. The predicted molar refractivity (Wildman–Crippen MR) is 101 cm³/mol. The Hall–Kier alpha value is -3.54. The zero-order chi connectivity index (χ0) is 17.8. The van der Waals surface area contributed by atoms with E-state index in [1.807, 2.05) is 61.5 Å². The second-order valence-electron chi connectivity index (χ2n) is 5.87. The molecule has 0 saturated carbocycles. The Morgan fingerprint density at radius 1 is 0.923 bits per heavy atom. The fourth-order valence-electron chi connectivity index (χ4n) is 2.68. The highest BCUT2D eigenvalue weighted by Crippen LogP contribution is 2.22. The number of benzene rings is 1. The topological polar surface area (TPSA) is 68.5 Å². The van der Waals surface area contributed by atoms with E-state index in [9.17, 15) is 0 Å². The second kappa shape index (κ2) is 7.14. The third-order valence-electron chi connectivity index (χ3n) is 3.97. The SMILES string of the molecule is Cc1nc(-c2ccc(NCc3ccncc3)cc2)n(-c2ccccn2)n1. The third kappa shape index (κ3) is 3.44. The molecule has 1 N–H and O–H groups in total. The molecule has 3 heterocycles. The summed E-state index contributed by atoms with van der Waals surface area (Å²) in [7, 11) is 0. The van der Waals surface area contributed by atoms with Gasteiger partial charge in [-0.1, -0.05) is 6.07 Å².